The van der Waals surface area contributed by atoms with Crippen LogP contribution in [0.1, 0.15) is 46.0 Å². The van der Waals surface area contributed by atoms with Crippen LogP contribution in [-0.2, 0) is 9.53 Å². The second kappa shape index (κ2) is 11.9. The van der Waals surface area contributed by atoms with Crippen molar-refractivity contribution in [3.05, 3.63) is 0 Å². The Morgan fingerprint density at radius 1 is 1.35 bits per heavy atom. The topological polar surface area (TPSA) is 64.3 Å². The summed E-state index contributed by atoms with van der Waals surface area (Å²) in [5, 5.41) is 2.91. The Kier molecular flexibility index (Phi) is 11.4. The summed E-state index contributed by atoms with van der Waals surface area (Å²) in [7, 11) is 0. The molecule has 0 saturated carbocycles. The highest BCUT2D eigenvalue weighted by Gasteiger charge is 2.05. The summed E-state index contributed by atoms with van der Waals surface area (Å²) in [6.07, 6.45) is 4.47. The average molecular weight is 244 g/mol. The third-order valence-electron chi connectivity index (χ3n) is 2.66. The van der Waals surface area contributed by atoms with Gasteiger partial charge in [-0.1, -0.05) is 13.8 Å². The molecule has 0 aliphatic carbocycles. The molecule has 0 aromatic carbocycles. The van der Waals surface area contributed by atoms with E-state index in [-0.39, 0.29) is 5.91 Å². The normalized spacial score (nSPS) is 12.4. The molecular formula is C13H28N2O2. The highest BCUT2D eigenvalue weighted by atomic mass is 16.5. The van der Waals surface area contributed by atoms with Crippen LogP contribution in [-0.4, -0.2) is 32.2 Å². The molecule has 3 N–H and O–H groups in total. The monoisotopic (exact) mass is 244 g/mol. The minimum absolute atomic E-state index is 0.143. The van der Waals surface area contributed by atoms with Gasteiger partial charge in [0.1, 0.15) is 0 Å². The largest absolute Gasteiger partial charge is 0.381 e. The van der Waals surface area contributed by atoms with E-state index in [0.717, 1.165) is 38.9 Å². The van der Waals surface area contributed by atoms with Gasteiger partial charge < -0.3 is 15.8 Å². The second-order valence-corrected chi connectivity index (χ2v) is 4.54. The van der Waals surface area contributed by atoms with Crippen LogP contribution in [0.15, 0.2) is 0 Å². The van der Waals surface area contributed by atoms with Crippen LogP contribution in [0, 0.1) is 5.92 Å². The van der Waals surface area contributed by atoms with Gasteiger partial charge in [0, 0.05) is 26.2 Å². The van der Waals surface area contributed by atoms with Crippen LogP contribution < -0.4 is 11.1 Å². The number of nitrogens with one attached hydrogen (secondary N) is 1. The van der Waals surface area contributed by atoms with E-state index < -0.39 is 0 Å². The lowest BCUT2D eigenvalue weighted by Gasteiger charge is -2.10. The molecule has 0 fully saturated rings. The van der Waals surface area contributed by atoms with Crippen LogP contribution in [0.3, 0.4) is 0 Å². The van der Waals surface area contributed by atoms with Crippen molar-refractivity contribution in [1.29, 1.82) is 0 Å². The van der Waals surface area contributed by atoms with Gasteiger partial charge in [0.15, 0.2) is 0 Å². The number of hydrogen-bond donors (Lipinski definition) is 2. The zero-order valence-corrected chi connectivity index (χ0v) is 11.3. The van der Waals surface area contributed by atoms with E-state index in [9.17, 15) is 4.79 Å². The van der Waals surface area contributed by atoms with Crippen LogP contribution in [0.25, 0.3) is 0 Å². The maximum atomic E-state index is 11.5. The fourth-order valence-corrected chi connectivity index (χ4v) is 1.54. The van der Waals surface area contributed by atoms with E-state index in [1.807, 2.05) is 0 Å². The van der Waals surface area contributed by atoms with Crippen LogP contribution in [0.5, 0.6) is 0 Å². The van der Waals surface area contributed by atoms with Gasteiger partial charge in [-0.25, -0.2) is 0 Å². The molecule has 0 bridgehead atoms. The van der Waals surface area contributed by atoms with Crippen molar-refractivity contribution in [1.82, 2.24) is 5.32 Å². The van der Waals surface area contributed by atoms with Gasteiger partial charge in [0.2, 0.25) is 5.91 Å². The first kappa shape index (κ1) is 16.4. The van der Waals surface area contributed by atoms with Crippen molar-refractivity contribution >= 4 is 5.91 Å². The van der Waals surface area contributed by atoms with Crippen molar-refractivity contribution < 1.29 is 9.53 Å². The molecule has 0 heterocycles. The van der Waals surface area contributed by atoms with Gasteiger partial charge >= 0.3 is 0 Å². The molecule has 0 aromatic rings. The quantitative estimate of drug-likeness (QED) is 0.544. The van der Waals surface area contributed by atoms with E-state index >= 15 is 0 Å². The molecule has 0 spiro atoms. The highest BCUT2D eigenvalue weighted by Crippen LogP contribution is 2.08. The Labute approximate surface area is 105 Å². The van der Waals surface area contributed by atoms with Gasteiger partial charge in [-0.15, -0.1) is 0 Å². The van der Waals surface area contributed by atoms with E-state index in [1.165, 1.54) is 0 Å². The Hall–Kier alpha value is -0.610. The summed E-state index contributed by atoms with van der Waals surface area (Å²) in [6, 6.07) is 0. The van der Waals surface area contributed by atoms with Crippen molar-refractivity contribution in [3.63, 3.8) is 0 Å². The molecule has 0 aromatic heterocycles. The minimum atomic E-state index is 0.143. The first-order valence-corrected chi connectivity index (χ1v) is 6.75. The van der Waals surface area contributed by atoms with Gasteiger partial charge in [-0.05, 0) is 38.1 Å². The maximum absolute atomic E-state index is 11.5. The first-order valence-electron chi connectivity index (χ1n) is 6.75. The van der Waals surface area contributed by atoms with Gasteiger partial charge in [0.05, 0.1) is 0 Å². The lowest BCUT2D eigenvalue weighted by atomic mass is 10.0. The average Bonchev–Trinajstić information content (AvgIpc) is 2.31. The van der Waals surface area contributed by atoms with Gasteiger partial charge in [0.25, 0.3) is 0 Å². The summed E-state index contributed by atoms with van der Waals surface area (Å²) in [6.45, 7) is 7.19. The molecule has 17 heavy (non-hydrogen) atoms. The number of nitrogens with two attached hydrogens (primary N) is 1. The number of carbonyl (C=O) groups is 1. The first-order chi connectivity index (χ1) is 8.20. The molecule has 1 unspecified atom stereocenters. The predicted octanol–water partition coefficient (Wildman–Crippen LogP) is 1.68. The smallest absolute Gasteiger partial charge is 0.220 e. The number of hydrogen-bond acceptors (Lipinski definition) is 3. The Morgan fingerprint density at radius 3 is 2.76 bits per heavy atom. The summed E-state index contributed by atoms with van der Waals surface area (Å²) >= 11 is 0. The fraction of sp³-hybridized carbons (Fsp3) is 0.923. The zero-order valence-electron chi connectivity index (χ0n) is 11.3. The SMILES string of the molecule is CCCOCCCNC(=O)CCC(C)CCN. The van der Waals surface area contributed by atoms with E-state index in [1.54, 1.807) is 0 Å². The highest BCUT2D eigenvalue weighted by molar-refractivity contribution is 5.75. The third kappa shape index (κ3) is 11.6. The van der Waals surface area contributed by atoms with Crippen LogP contribution in [0.2, 0.25) is 0 Å². The van der Waals surface area contributed by atoms with Crippen LogP contribution in [0.4, 0.5) is 0 Å². The van der Waals surface area contributed by atoms with E-state index in [2.05, 4.69) is 19.2 Å². The molecule has 1 amide bonds. The summed E-state index contributed by atoms with van der Waals surface area (Å²) in [5.41, 5.74) is 5.46. The van der Waals surface area contributed by atoms with Crippen molar-refractivity contribution in [2.75, 3.05) is 26.3 Å². The minimum Gasteiger partial charge on any atom is -0.381 e. The van der Waals surface area contributed by atoms with Crippen molar-refractivity contribution in [3.8, 4) is 0 Å². The Balaban J connectivity index is 3.28. The van der Waals surface area contributed by atoms with Gasteiger partial charge in [-0.3, -0.25) is 4.79 Å². The molecule has 0 rings (SSSR count). The molecular weight excluding hydrogens is 216 g/mol. The third-order valence-corrected chi connectivity index (χ3v) is 2.66. The standard InChI is InChI=1S/C13H28N2O2/c1-3-10-17-11-4-9-15-13(16)6-5-12(2)7-8-14/h12H,3-11,14H2,1-2H3,(H,15,16). The number of ether oxygens (including phenoxy) is 1. The zero-order chi connectivity index (χ0) is 12.9. The molecule has 4 nitrogen and oxygen atoms in total. The van der Waals surface area contributed by atoms with Crippen molar-refractivity contribution in [2.24, 2.45) is 11.7 Å². The van der Waals surface area contributed by atoms with Crippen molar-refractivity contribution in [2.45, 2.75) is 46.0 Å². The molecule has 0 saturated heterocycles. The molecule has 1 atom stereocenters. The summed E-state index contributed by atoms with van der Waals surface area (Å²) < 4.78 is 5.33. The molecule has 0 radical (unpaired) electrons. The van der Waals surface area contributed by atoms with E-state index in [4.69, 9.17) is 10.5 Å². The molecule has 0 aliphatic heterocycles. The lowest BCUT2D eigenvalue weighted by molar-refractivity contribution is -0.121. The number of carbonyl (C=O) groups excluding carboxylic acids is 1. The second-order valence-electron chi connectivity index (χ2n) is 4.54. The van der Waals surface area contributed by atoms with Crippen LogP contribution >= 0.6 is 0 Å². The maximum Gasteiger partial charge on any atom is 0.220 e. The Morgan fingerprint density at radius 2 is 2.12 bits per heavy atom. The van der Waals surface area contributed by atoms with E-state index in [0.29, 0.717) is 25.4 Å². The lowest BCUT2D eigenvalue weighted by Crippen LogP contribution is -2.25. The summed E-state index contributed by atoms with van der Waals surface area (Å²) in [4.78, 5) is 11.5. The Bertz CT molecular complexity index is 186. The number of amides is 1. The summed E-state index contributed by atoms with van der Waals surface area (Å²) in [5.74, 6) is 0.683. The fourth-order valence-electron chi connectivity index (χ4n) is 1.54. The van der Waals surface area contributed by atoms with Gasteiger partial charge in [-0.2, -0.15) is 0 Å². The number of rotatable bonds is 11. The molecule has 102 valence electrons. The molecule has 0 aliphatic rings. The predicted molar refractivity (Wildman–Crippen MR) is 70.8 cm³/mol. The molecule has 4 heteroatoms.